The number of amides is 1. The number of benzene rings is 1. The van der Waals surface area contributed by atoms with E-state index in [1.165, 1.54) is 19.3 Å². The summed E-state index contributed by atoms with van der Waals surface area (Å²) >= 11 is 0. The molecule has 0 bridgehead atoms. The van der Waals surface area contributed by atoms with Crippen LogP contribution in [0.3, 0.4) is 0 Å². The first kappa shape index (κ1) is 15.6. The molecule has 5 heteroatoms. The van der Waals surface area contributed by atoms with E-state index in [4.69, 9.17) is 10.5 Å². The maximum atomic E-state index is 11.7. The molecule has 1 aromatic rings. The van der Waals surface area contributed by atoms with Gasteiger partial charge in [-0.05, 0) is 38.1 Å². The highest BCUT2D eigenvalue weighted by molar-refractivity contribution is 5.75. The van der Waals surface area contributed by atoms with Crippen molar-refractivity contribution in [3.05, 3.63) is 24.3 Å². The highest BCUT2D eigenvalue weighted by Gasteiger charge is 2.09. The molecule has 0 unspecified atom stereocenters. The Hall–Kier alpha value is -1.75. The van der Waals surface area contributed by atoms with Crippen LogP contribution in [0.2, 0.25) is 0 Å². The van der Waals surface area contributed by atoms with Crippen LogP contribution in [0, 0.1) is 0 Å². The zero-order chi connectivity index (χ0) is 14.9. The standard InChI is InChI=1S/C16H25N3O2/c17-14-5-4-6-15(13-14)21-12-7-16(20)18-8-11-19-9-2-1-3-10-19/h4-6,13H,1-3,7-12,17H2,(H,18,20). The molecule has 116 valence electrons. The van der Waals surface area contributed by atoms with E-state index in [-0.39, 0.29) is 5.91 Å². The van der Waals surface area contributed by atoms with Crippen molar-refractivity contribution in [2.24, 2.45) is 0 Å². The number of rotatable bonds is 7. The summed E-state index contributed by atoms with van der Waals surface area (Å²) in [5.41, 5.74) is 6.33. The summed E-state index contributed by atoms with van der Waals surface area (Å²) in [6, 6.07) is 7.24. The summed E-state index contributed by atoms with van der Waals surface area (Å²) < 4.78 is 5.50. The number of hydrogen-bond donors (Lipinski definition) is 2. The normalized spacial score (nSPS) is 15.6. The molecular weight excluding hydrogens is 266 g/mol. The lowest BCUT2D eigenvalue weighted by molar-refractivity contribution is -0.121. The molecule has 0 saturated carbocycles. The molecule has 1 fully saturated rings. The third-order valence-electron chi connectivity index (χ3n) is 3.65. The summed E-state index contributed by atoms with van der Waals surface area (Å²) in [6.45, 7) is 4.36. The first-order chi connectivity index (χ1) is 10.2. The van der Waals surface area contributed by atoms with Gasteiger partial charge in [0.1, 0.15) is 5.75 Å². The van der Waals surface area contributed by atoms with E-state index < -0.39 is 0 Å². The number of nitrogen functional groups attached to an aromatic ring is 1. The van der Waals surface area contributed by atoms with Gasteiger partial charge in [0.2, 0.25) is 5.91 Å². The van der Waals surface area contributed by atoms with E-state index in [1.54, 1.807) is 12.1 Å². The molecule has 1 heterocycles. The number of nitrogens with zero attached hydrogens (tertiary/aromatic N) is 1. The third-order valence-corrected chi connectivity index (χ3v) is 3.65. The number of hydrogen-bond acceptors (Lipinski definition) is 4. The lowest BCUT2D eigenvalue weighted by Gasteiger charge is -2.26. The highest BCUT2D eigenvalue weighted by atomic mass is 16.5. The van der Waals surface area contributed by atoms with Gasteiger partial charge < -0.3 is 20.7 Å². The van der Waals surface area contributed by atoms with Gasteiger partial charge in [0.15, 0.2) is 0 Å². The average molecular weight is 291 g/mol. The SMILES string of the molecule is Nc1cccc(OCCC(=O)NCCN2CCCCC2)c1. The molecule has 21 heavy (non-hydrogen) atoms. The summed E-state index contributed by atoms with van der Waals surface area (Å²) in [7, 11) is 0. The molecule has 3 N–H and O–H groups in total. The van der Waals surface area contributed by atoms with Gasteiger partial charge in [-0.1, -0.05) is 12.5 Å². The number of likely N-dealkylation sites (tertiary alicyclic amines) is 1. The van der Waals surface area contributed by atoms with Crippen molar-refractivity contribution in [3.8, 4) is 5.75 Å². The smallest absolute Gasteiger partial charge is 0.223 e. The average Bonchev–Trinajstić information content (AvgIpc) is 2.48. The fraction of sp³-hybridized carbons (Fsp3) is 0.562. The second-order valence-electron chi connectivity index (χ2n) is 5.42. The fourth-order valence-corrected chi connectivity index (χ4v) is 2.49. The predicted octanol–water partition coefficient (Wildman–Crippen LogP) is 1.64. The molecule has 1 amide bonds. The van der Waals surface area contributed by atoms with Crippen LogP contribution in [0.4, 0.5) is 5.69 Å². The third kappa shape index (κ3) is 6.04. The first-order valence-electron chi connectivity index (χ1n) is 7.71. The quantitative estimate of drug-likeness (QED) is 0.749. The number of nitrogens with two attached hydrogens (primary N) is 1. The molecule has 0 radical (unpaired) electrons. The molecule has 5 nitrogen and oxygen atoms in total. The maximum Gasteiger partial charge on any atom is 0.223 e. The van der Waals surface area contributed by atoms with Gasteiger partial charge in [-0.3, -0.25) is 4.79 Å². The Labute approximate surface area is 126 Å². The lowest BCUT2D eigenvalue weighted by Crippen LogP contribution is -2.37. The Morgan fingerprint density at radius 3 is 2.86 bits per heavy atom. The van der Waals surface area contributed by atoms with E-state index in [0.717, 1.165) is 26.2 Å². The fourth-order valence-electron chi connectivity index (χ4n) is 2.49. The van der Waals surface area contributed by atoms with Crippen LogP contribution >= 0.6 is 0 Å². The Kier molecular flexibility index (Phi) is 6.34. The molecule has 0 aliphatic carbocycles. The number of ether oxygens (including phenoxy) is 1. The minimum absolute atomic E-state index is 0.0379. The Balaban J connectivity index is 1.55. The molecule has 1 aliphatic heterocycles. The number of anilines is 1. The minimum atomic E-state index is 0.0379. The van der Waals surface area contributed by atoms with Crippen molar-refractivity contribution >= 4 is 11.6 Å². The number of nitrogens with one attached hydrogen (secondary N) is 1. The summed E-state index contributed by atoms with van der Waals surface area (Å²) in [5.74, 6) is 0.743. The summed E-state index contributed by atoms with van der Waals surface area (Å²) in [4.78, 5) is 14.1. The Morgan fingerprint density at radius 2 is 2.10 bits per heavy atom. The molecule has 0 atom stereocenters. The van der Waals surface area contributed by atoms with Crippen LogP contribution in [-0.4, -0.2) is 43.6 Å². The van der Waals surface area contributed by atoms with E-state index in [2.05, 4.69) is 10.2 Å². The zero-order valence-electron chi connectivity index (χ0n) is 12.5. The van der Waals surface area contributed by atoms with Gasteiger partial charge in [0.25, 0.3) is 0 Å². The predicted molar refractivity (Wildman–Crippen MR) is 84.3 cm³/mol. The van der Waals surface area contributed by atoms with Gasteiger partial charge in [0, 0.05) is 24.8 Å². The van der Waals surface area contributed by atoms with E-state index >= 15 is 0 Å². The van der Waals surface area contributed by atoms with Gasteiger partial charge in [-0.15, -0.1) is 0 Å². The van der Waals surface area contributed by atoms with Gasteiger partial charge in [-0.25, -0.2) is 0 Å². The molecule has 1 aromatic carbocycles. The second-order valence-corrected chi connectivity index (χ2v) is 5.42. The van der Waals surface area contributed by atoms with Gasteiger partial charge in [0.05, 0.1) is 13.0 Å². The van der Waals surface area contributed by atoms with Crippen molar-refractivity contribution in [1.29, 1.82) is 0 Å². The van der Waals surface area contributed by atoms with Crippen LogP contribution in [0.25, 0.3) is 0 Å². The zero-order valence-corrected chi connectivity index (χ0v) is 12.5. The molecule has 0 aromatic heterocycles. The van der Waals surface area contributed by atoms with Crippen LogP contribution in [-0.2, 0) is 4.79 Å². The van der Waals surface area contributed by atoms with Gasteiger partial charge >= 0.3 is 0 Å². The van der Waals surface area contributed by atoms with Crippen molar-refractivity contribution in [1.82, 2.24) is 10.2 Å². The summed E-state index contributed by atoms with van der Waals surface area (Å²) in [6.07, 6.45) is 4.27. The topological polar surface area (TPSA) is 67.6 Å². The van der Waals surface area contributed by atoms with Gasteiger partial charge in [-0.2, -0.15) is 0 Å². The molecule has 2 rings (SSSR count). The van der Waals surface area contributed by atoms with Crippen LogP contribution in [0.1, 0.15) is 25.7 Å². The van der Waals surface area contributed by atoms with Crippen LogP contribution in [0.5, 0.6) is 5.75 Å². The van der Waals surface area contributed by atoms with E-state index in [9.17, 15) is 4.79 Å². The first-order valence-corrected chi connectivity index (χ1v) is 7.71. The van der Waals surface area contributed by atoms with Crippen molar-refractivity contribution < 1.29 is 9.53 Å². The number of piperidine rings is 1. The largest absolute Gasteiger partial charge is 0.493 e. The van der Waals surface area contributed by atoms with E-state index in [1.807, 2.05) is 12.1 Å². The molecular formula is C16H25N3O2. The van der Waals surface area contributed by atoms with Crippen LogP contribution in [0.15, 0.2) is 24.3 Å². The van der Waals surface area contributed by atoms with Crippen molar-refractivity contribution in [3.63, 3.8) is 0 Å². The summed E-state index contributed by atoms with van der Waals surface area (Å²) in [5, 5.41) is 2.94. The molecule has 1 aliphatic rings. The lowest BCUT2D eigenvalue weighted by atomic mass is 10.1. The van der Waals surface area contributed by atoms with Crippen molar-refractivity contribution in [2.75, 3.05) is 38.5 Å². The number of carbonyl (C=O) groups excluding carboxylic acids is 1. The molecule has 0 spiro atoms. The Bertz CT molecular complexity index is 445. The Morgan fingerprint density at radius 1 is 1.29 bits per heavy atom. The number of carbonyl (C=O) groups is 1. The van der Waals surface area contributed by atoms with E-state index in [0.29, 0.717) is 24.5 Å². The van der Waals surface area contributed by atoms with Crippen LogP contribution < -0.4 is 15.8 Å². The maximum absolute atomic E-state index is 11.7. The van der Waals surface area contributed by atoms with Crippen molar-refractivity contribution in [2.45, 2.75) is 25.7 Å². The minimum Gasteiger partial charge on any atom is -0.493 e. The second kappa shape index (κ2) is 8.52. The molecule has 1 saturated heterocycles. The monoisotopic (exact) mass is 291 g/mol. The highest BCUT2D eigenvalue weighted by Crippen LogP contribution is 2.14.